The van der Waals surface area contributed by atoms with Crippen molar-refractivity contribution in [3.05, 3.63) is 128 Å². The first-order chi connectivity index (χ1) is 30.8. The zero-order chi connectivity index (χ0) is 45.6. The quantitative estimate of drug-likeness (QED) is 0.0631. The normalized spacial score (nSPS) is 13.3. The Bertz CT molecular complexity index is 2200. The molecule has 0 atom stereocenters. The molecule has 0 fully saturated rings. The first-order valence-electron chi connectivity index (χ1n) is 20.2. The standard InChI is InChI=1S/C44H46Cl4N10O6/c1-29-9-13-31(14-10-29)53-43(61)57(25-23-55-21-19-49-37(55)27-51-41-33(45)5-3-6-34(41)46)63-39(59)17-18-40(60)64-58(44(62)54-32-15-11-30(2)12-16-32)26-24-56-22-20-50-38(56)28-52-42-35(47)7-4-8-36(42)48/h3-18,51-52H,19-28H2,1-2H3,(H,53,61)(H,54,62)/b18-17-. The Kier molecular flexibility index (Phi) is 16.9. The number of para-hydroxylation sites is 2. The summed E-state index contributed by atoms with van der Waals surface area (Å²) >= 11 is 25.4. The van der Waals surface area contributed by atoms with Crippen LogP contribution in [0.1, 0.15) is 11.1 Å². The number of urea groups is 2. The van der Waals surface area contributed by atoms with Gasteiger partial charge in [0.1, 0.15) is 11.7 Å². The molecule has 0 unspecified atom stereocenters. The van der Waals surface area contributed by atoms with E-state index < -0.39 is 24.0 Å². The Morgan fingerprint density at radius 2 is 0.953 bits per heavy atom. The average Bonchev–Trinajstić information content (AvgIpc) is 3.93. The van der Waals surface area contributed by atoms with Gasteiger partial charge in [-0.1, -0.05) is 93.9 Å². The molecule has 0 saturated carbocycles. The molecule has 4 aromatic rings. The molecule has 0 saturated heterocycles. The lowest BCUT2D eigenvalue weighted by Crippen LogP contribution is -2.44. The maximum atomic E-state index is 13.5. The molecule has 0 radical (unpaired) electrons. The SMILES string of the molecule is Cc1ccc(NC(=O)N(CCN2CCN=C2CNc2c(Cl)cccc2Cl)OC(=O)/C=C\C(=O)ON(CCN2CCN=C2CNc2c(Cl)cccc2Cl)C(=O)Nc2ccc(C)cc2)cc1. The second-order valence-corrected chi connectivity index (χ2v) is 16.0. The molecule has 0 spiro atoms. The van der Waals surface area contributed by atoms with E-state index in [0.717, 1.165) is 33.4 Å². The number of benzene rings is 4. The highest BCUT2D eigenvalue weighted by Crippen LogP contribution is 2.31. The Hall–Kier alpha value is -6.20. The van der Waals surface area contributed by atoms with Gasteiger partial charge in [0.2, 0.25) is 0 Å². The summed E-state index contributed by atoms with van der Waals surface area (Å²) in [5, 5.41) is 15.4. The summed E-state index contributed by atoms with van der Waals surface area (Å²) < 4.78 is 0. The summed E-state index contributed by atoms with van der Waals surface area (Å²) in [5.41, 5.74) is 4.04. The molecule has 0 aliphatic carbocycles. The van der Waals surface area contributed by atoms with E-state index in [1.807, 2.05) is 47.9 Å². The molecule has 336 valence electrons. The van der Waals surface area contributed by atoms with Crippen molar-refractivity contribution < 1.29 is 28.9 Å². The number of amides is 4. The summed E-state index contributed by atoms with van der Waals surface area (Å²) in [6.07, 6.45) is 1.61. The maximum absolute atomic E-state index is 13.5. The van der Waals surface area contributed by atoms with E-state index in [9.17, 15) is 19.2 Å². The highest BCUT2D eigenvalue weighted by Gasteiger charge is 2.25. The number of amidine groups is 2. The molecule has 2 aliphatic rings. The van der Waals surface area contributed by atoms with E-state index in [-0.39, 0.29) is 26.2 Å². The van der Waals surface area contributed by atoms with E-state index in [1.165, 1.54) is 0 Å². The van der Waals surface area contributed by atoms with Gasteiger partial charge in [0, 0.05) is 49.7 Å². The third kappa shape index (κ3) is 13.6. The summed E-state index contributed by atoms with van der Waals surface area (Å²) in [5.74, 6) is -0.736. The fraction of sp³-hybridized carbons (Fsp3) is 0.273. The smallest absolute Gasteiger partial charge is 0.356 e. The van der Waals surface area contributed by atoms with Crippen molar-refractivity contribution in [3.63, 3.8) is 0 Å². The average molecular weight is 953 g/mol. The number of carbonyl (C=O) groups excluding carboxylic acids is 4. The van der Waals surface area contributed by atoms with Gasteiger partial charge in [0.15, 0.2) is 0 Å². The first kappa shape index (κ1) is 47.3. The van der Waals surface area contributed by atoms with Crippen molar-refractivity contribution in [2.24, 2.45) is 9.98 Å². The number of hydrogen-bond donors (Lipinski definition) is 4. The number of anilines is 4. The van der Waals surface area contributed by atoms with E-state index in [2.05, 4.69) is 31.3 Å². The summed E-state index contributed by atoms with van der Waals surface area (Å²) in [6.45, 7) is 6.84. The third-order valence-corrected chi connectivity index (χ3v) is 11.1. The molecule has 20 heteroatoms. The van der Waals surface area contributed by atoms with Crippen LogP contribution < -0.4 is 21.3 Å². The van der Waals surface area contributed by atoms with Gasteiger partial charge in [-0.3, -0.25) is 9.98 Å². The minimum Gasteiger partial charge on any atom is -0.375 e. The molecule has 4 aromatic carbocycles. The van der Waals surface area contributed by atoms with Gasteiger partial charge < -0.3 is 40.7 Å². The maximum Gasteiger partial charge on any atom is 0.356 e. The van der Waals surface area contributed by atoms with Crippen molar-refractivity contribution in [2.75, 3.05) is 86.7 Å². The molecule has 4 N–H and O–H groups in total. The number of rotatable bonds is 16. The van der Waals surface area contributed by atoms with Gasteiger partial charge in [-0.05, 0) is 62.4 Å². The summed E-state index contributed by atoms with van der Waals surface area (Å²) in [4.78, 5) is 77.5. The van der Waals surface area contributed by atoms with Crippen LogP contribution in [0.3, 0.4) is 0 Å². The number of aryl methyl sites for hydroxylation is 2. The number of nitrogens with one attached hydrogen (secondary N) is 4. The van der Waals surface area contributed by atoms with Crippen molar-refractivity contribution in [2.45, 2.75) is 13.8 Å². The molecule has 2 heterocycles. The molecular weight excluding hydrogens is 906 g/mol. The van der Waals surface area contributed by atoms with Crippen molar-refractivity contribution in [3.8, 4) is 0 Å². The van der Waals surface area contributed by atoms with Crippen molar-refractivity contribution in [1.82, 2.24) is 19.9 Å². The highest BCUT2D eigenvalue weighted by molar-refractivity contribution is 6.39. The molecule has 64 heavy (non-hydrogen) atoms. The van der Waals surface area contributed by atoms with Crippen LogP contribution in [0, 0.1) is 13.8 Å². The van der Waals surface area contributed by atoms with Crippen LogP contribution in [-0.4, -0.2) is 121 Å². The molecule has 0 aromatic heterocycles. The van der Waals surface area contributed by atoms with E-state index in [4.69, 9.17) is 56.1 Å². The van der Waals surface area contributed by atoms with E-state index >= 15 is 0 Å². The summed E-state index contributed by atoms with van der Waals surface area (Å²) in [6, 6.07) is 23.0. The van der Waals surface area contributed by atoms with Gasteiger partial charge in [0.25, 0.3) is 0 Å². The van der Waals surface area contributed by atoms with E-state index in [1.54, 1.807) is 60.7 Å². The lowest BCUT2D eigenvalue weighted by molar-refractivity contribution is -0.172. The van der Waals surface area contributed by atoms with Crippen molar-refractivity contribution in [1.29, 1.82) is 0 Å². The zero-order valence-electron chi connectivity index (χ0n) is 35.0. The topological polar surface area (TPSA) is 173 Å². The monoisotopic (exact) mass is 950 g/mol. The van der Waals surface area contributed by atoms with Gasteiger partial charge in [0.05, 0.1) is 70.7 Å². The summed E-state index contributed by atoms with van der Waals surface area (Å²) in [7, 11) is 0. The van der Waals surface area contributed by atoms with Crippen LogP contribution in [0.4, 0.5) is 32.3 Å². The second-order valence-electron chi connectivity index (χ2n) is 14.4. The number of nitrogens with zero attached hydrogens (tertiary/aromatic N) is 6. The predicted molar refractivity (Wildman–Crippen MR) is 253 cm³/mol. The minimum absolute atomic E-state index is 0.0801. The largest absolute Gasteiger partial charge is 0.375 e. The lowest BCUT2D eigenvalue weighted by Gasteiger charge is -2.26. The molecule has 6 rings (SSSR count). The second kappa shape index (κ2) is 22.9. The fourth-order valence-electron chi connectivity index (χ4n) is 6.40. The molecule has 4 amide bonds. The van der Waals surface area contributed by atoms with Crippen LogP contribution in [-0.2, 0) is 19.3 Å². The number of hydroxylamine groups is 4. The predicted octanol–water partition coefficient (Wildman–Crippen LogP) is 8.41. The van der Waals surface area contributed by atoms with Crippen LogP contribution in [0.5, 0.6) is 0 Å². The lowest BCUT2D eigenvalue weighted by atomic mass is 10.2. The Balaban J connectivity index is 1.09. The van der Waals surface area contributed by atoms with Crippen molar-refractivity contribution >= 4 is 105 Å². The van der Waals surface area contributed by atoms with Crippen LogP contribution in [0.25, 0.3) is 0 Å². The number of aliphatic imine (C=N–C) groups is 2. The van der Waals surface area contributed by atoms with E-state index in [0.29, 0.717) is 93.8 Å². The fourth-order valence-corrected chi connectivity index (χ4v) is 7.47. The zero-order valence-corrected chi connectivity index (χ0v) is 38.0. The van der Waals surface area contributed by atoms with Gasteiger partial charge in [-0.2, -0.15) is 10.1 Å². The van der Waals surface area contributed by atoms with Crippen LogP contribution in [0.15, 0.2) is 107 Å². The molecular formula is C44H46Cl4N10O6. The van der Waals surface area contributed by atoms with Gasteiger partial charge in [-0.15, -0.1) is 0 Å². The highest BCUT2D eigenvalue weighted by atomic mass is 35.5. The molecule has 16 nitrogen and oxygen atoms in total. The first-order valence-corrected chi connectivity index (χ1v) is 21.7. The van der Waals surface area contributed by atoms with Gasteiger partial charge >= 0.3 is 24.0 Å². The van der Waals surface area contributed by atoms with Gasteiger partial charge in [-0.25, -0.2) is 19.2 Å². The minimum atomic E-state index is -1.05. The number of carbonyl (C=O) groups is 4. The number of hydrogen-bond acceptors (Lipinski definition) is 12. The van der Waals surface area contributed by atoms with Crippen LogP contribution in [0.2, 0.25) is 20.1 Å². The van der Waals surface area contributed by atoms with Crippen LogP contribution >= 0.6 is 46.4 Å². The Labute approximate surface area is 390 Å². The third-order valence-electron chi connectivity index (χ3n) is 9.79. The molecule has 0 bridgehead atoms. The molecule has 2 aliphatic heterocycles. The Morgan fingerprint density at radius 3 is 1.31 bits per heavy atom. The Morgan fingerprint density at radius 1 is 0.594 bits per heavy atom. The number of halogens is 4.